The zero-order valence-corrected chi connectivity index (χ0v) is 20.7. The van der Waals surface area contributed by atoms with Crippen molar-refractivity contribution in [3.63, 3.8) is 0 Å². The molecule has 0 radical (unpaired) electrons. The van der Waals surface area contributed by atoms with Crippen LogP contribution in [-0.4, -0.2) is 23.4 Å². The molecule has 0 bridgehead atoms. The number of benzene rings is 1. The Morgan fingerprint density at radius 1 is 1.26 bits per heavy atom. The predicted octanol–water partition coefficient (Wildman–Crippen LogP) is 5.02. The second-order valence-electron chi connectivity index (χ2n) is 7.02. The van der Waals surface area contributed by atoms with E-state index in [-0.39, 0.29) is 42.3 Å². The fraction of sp³-hybridized carbons (Fsp3) is 0.450. The van der Waals surface area contributed by atoms with E-state index in [0.29, 0.717) is 36.2 Å². The van der Waals surface area contributed by atoms with E-state index >= 15 is 0 Å². The number of anilines is 1. The van der Waals surface area contributed by atoms with Crippen LogP contribution in [0.5, 0.6) is 0 Å². The Bertz CT molecular complexity index is 870. The van der Waals surface area contributed by atoms with Gasteiger partial charge in [0.2, 0.25) is 5.91 Å². The zero-order valence-electron chi connectivity index (χ0n) is 17.5. The lowest BCUT2D eigenvalue weighted by atomic mass is 10.1. The molecule has 0 aliphatic rings. The number of nitrogens with zero attached hydrogens (tertiary/aromatic N) is 2. The van der Waals surface area contributed by atoms with E-state index in [2.05, 4.69) is 25.9 Å². The molecule has 0 saturated carbocycles. The second kappa shape index (κ2) is 12.8. The van der Waals surface area contributed by atoms with Gasteiger partial charge in [-0.05, 0) is 30.5 Å². The van der Waals surface area contributed by atoms with Gasteiger partial charge in [0.05, 0.1) is 13.1 Å². The third-order valence-corrected chi connectivity index (χ3v) is 4.67. The van der Waals surface area contributed by atoms with Crippen molar-refractivity contribution in [1.82, 2.24) is 15.6 Å². The molecule has 2 rings (SSSR count). The number of hydrogen-bond acceptors (Lipinski definition) is 4. The fourth-order valence-electron chi connectivity index (χ4n) is 2.52. The van der Waals surface area contributed by atoms with Gasteiger partial charge in [0.1, 0.15) is 5.01 Å². The first-order valence-corrected chi connectivity index (χ1v) is 10.5. The van der Waals surface area contributed by atoms with Crippen LogP contribution in [-0.2, 0) is 24.1 Å². The summed E-state index contributed by atoms with van der Waals surface area (Å²) in [5, 5.41) is 10.2. The number of guanidine groups is 1. The Morgan fingerprint density at radius 3 is 2.61 bits per heavy atom. The molecule has 0 atom stereocenters. The Hall–Kier alpha value is -1.89. The standard InChI is InChI=1S/C20H26F3N5OS.HI/c1-4-24-19(26-11-18-28-16(12-30-18)20(21,22)23)25-10-14-6-5-7-15(9-14)27-17(29)8-13(2)3;/h5-7,9,12-13H,4,8,10-11H2,1-3H3,(H,27,29)(H2,24,25,26);1H. The van der Waals surface area contributed by atoms with Crippen LogP contribution in [0.2, 0.25) is 0 Å². The van der Waals surface area contributed by atoms with E-state index in [0.717, 1.165) is 22.3 Å². The minimum atomic E-state index is -4.44. The predicted molar refractivity (Wildman–Crippen MR) is 129 cm³/mol. The van der Waals surface area contributed by atoms with Crippen LogP contribution in [0, 0.1) is 5.92 Å². The number of halogens is 4. The van der Waals surface area contributed by atoms with Gasteiger partial charge < -0.3 is 16.0 Å². The van der Waals surface area contributed by atoms with Gasteiger partial charge in [-0.3, -0.25) is 4.79 Å². The molecule has 2 aromatic rings. The number of hydrogen-bond donors (Lipinski definition) is 3. The van der Waals surface area contributed by atoms with Gasteiger partial charge in [0.15, 0.2) is 11.7 Å². The molecular formula is C20H27F3IN5OS. The topological polar surface area (TPSA) is 78.4 Å². The quantitative estimate of drug-likeness (QED) is 0.237. The first-order valence-electron chi connectivity index (χ1n) is 9.60. The highest BCUT2D eigenvalue weighted by atomic mass is 127. The third-order valence-electron chi connectivity index (χ3n) is 3.82. The molecule has 6 nitrogen and oxygen atoms in total. The summed E-state index contributed by atoms with van der Waals surface area (Å²) < 4.78 is 38.0. The van der Waals surface area contributed by atoms with E-state index < -0.39 is 11.9 Å². The van der Waals surface area contributed by atoms with Gasteiger partial charge in [-0.15, -0.1) is 35.3 Å². The van der Waals surface area contributed by atoms with Crippen molar-refractivity contribution in [2.45, 2.75) is 46.5 Å². The Balaban J connectivity index is 0.00000480. The number of carbonyl (C=O) groups excluding carboxylic acids is 1. The summed E-state index contributed by atoms with van der Waals surface area (Å²) in [4.78, 5) is 20.0. The molecule has 0 aliphatic carbocycles. The molecule has 0 spiro atoms. The molecule has 0 saturated heterocycles. The van der Waals surface area contributed by atoms with Crippen molar-refractivity contribution in [1.29, 1.82) is 0 Å². The van der Waals surface area contributed by atoms with Crippen molar-refractivity contribution in [2.24, 2.45) is 10.9 Å². The number of alkyl halides is 3. The van der Waals surface area contributed by atoms with Gasteiger partial charge in [-0.25, -0.2) is 9.98 Å². The van der Waals surface area contributed by atoms with Crippen LogP contribution < -0.4 is 16.0 Å². The van der Waals surface area contributed by atoms with E-state index in [1.165, 1.54) is 0 Å². The van der Waals surface area contributed by atoms with E-state index in [9.17, 15) is 18.0 Å². The lowest BCUT2D eigenvalue weighted by Gasteiger charge is -2.11. The maximum Gasteiger partial charge on any atom is 0.434 e. The second-order valence-corrected chi connectivity index (χ2v) is 7.96. The van der Waals surface area contributed by atoms with Crippen molar-refractivity contribution in [3.05, 3.63) is 45.9 Å². The van der Waals surface area contributed by atoms with Crippen molar-refractivity contribution in [2.75, 3.05) is 11.9 Å². The Labute approximate surface area is 201 Å². The Morgan fingerprint density at radius 2 is 2.00 bits per heavy atom. The fourth-order valence-corrected chi connectivity index (χ4v) is 3.26. The minimum Gasteiger partial charge on any atom is -0.357 e. The van der Waals surface area contributed by atoms with Crippen molar-refractivity contribution < 1.29 is 18.0 Å². The van der Waals surface area contributed by atoms with Crippen LogP contribution in [0.1, 0.15) is 43.5 Å². The van der Waals surface area contributed by atoms with E-state index in [4.69, 9.17) is 0 Å². The third kappa shape index (κ3) is 9.85. The van der Waals surface area contributed by atoms with E-state index in [1.807, 2.05) is 45.0 Å². The number of nitrogens with one attached hydrogen (secondary N) is 3. The van der Waals surface area contributed by atoms with Gasteiger partial charge in [-0.1, -0.05) is 26.0 Å². The highest BCUT2D eigenvalue weighted by molar-refractivity contribution is 14.0. The lowest BCUT2D eigenvalue weighted by Crippen LogP contribution is -2.36. The largest absolute Gasteiger partial charge is 0.434 e. The highest BCUT2D eigenvalue weighted by Gasteiger charge is 2.33. The molecule has 11 heteroatoms. The van der Waals surface area contributed by atoms with Crippen molar-refractivity contribution >= 4 is 52.9 Å². The number of carbonyl (C=O) groups is 1. The normalized spacial score (nSPS) is 11.8. The van der Waals surface area contributed by atoms with Crippen LogP contribution in [0.4, 0.5) is 18.9 Å². The number of thiazole rings is 1. The molecule has 31 heavy (non-hydrogen) atoms. The highest BCUT2D eigenvalue weighted by Crippen LogP contribution is 2.29. The first-order chi connectivity index (χ1) is 14.2. The van der Waals surface area contributed by atoms with Gasteiger partial charge >= 0.3 is 6.18 Å². The molecule has 172 valence electrons. The molecular weight excluding hydrogens is 542 g/mol. The molecule has 3 N–H and O–H groups in total. The van der Waals surface area contributed by atoms with Gasteiger partial charge in [-0.2, -0.15) is 13.2 Å². The zero-order chi connectivity index (χ0) is 22.1. The van der Waals surface area contributed by atoms with Gasteiger partial charge in [0, 0.05) is 24.0 Å². The monoisotopic (exact) mass is 569 g/mol. The van der Waals surface area contributed by atoms with Crippen LogP contribution >= 0.6 is 35.3 Å². The van der Waals surface area contributed by atoms with Crippen LogP contribution in [0.3, 0.4) is 0 Å². The maximum atomic E-state index is 12.7. The van der Waals surface area contributed by atoms with E-state index in [1.54, 1.807) is 0 Å². The maximum absolute atomic E-state index is 12.7. The average molecular weight is 569 g/mol. The first kappa shape index (κ1) is 27.1. The average Bonchev–Trinajstić information content (AvgIpc) is 3.13. The number of rotatable bonds is 8. The molecule has 0 fully saturated rings. The summed E-state index contributed by atoms with van der Waals surface area (Å²) in [6.45, 7) is 6.94. The van der Waals surface area contributed by atoms with Crippen molar-refractivity contribution in [3.8, 4) is 0 Å². The van der Waals surface area contributed by atoms with Crippen LogP contribution in [0.15, 0.2) is 34.6 Å². The Kier molecular flexibility index (Phi) is 11.2. The summed E-state index contributed by atoms with van der Waals surface area (Å²) in [5.74, 6) is 0.703. The number of aromatic nitrogens is 1. The summed E-state index contributed by atoms with van der Waals surface area (Å²) in [7, 11) is 0. The van der Waals surface area contributed by atoms with Gasteiger partial charge in [0.25, 0.3) is 0 Å². The molecule has 0 aliphatic heterocycles. The van der Waals surface area contributed by atoms with Crippen LogP contribution in [0.25, 0.3) is 0 Å². The summed E-state index contributed by atoms with van der Waals surface area (Å²) >= 11 is 0.946. The lowest BCUT2D eigenvalue weighted by molar-refractivity contribution is -0.140. The molecule has 1 aromatic carbocycles. The molecule has 1 amide bonds. The number of aliphatic imine (C=N–C) groups is 1. The SMILES string of the molecule is CCNC(=NCc1cccc(NC(=O)CC(C)C)c1)NCc1nc(C(F)(F)F)cs1.I. The minimum absolute atomic E-state index is 0. The summed E-state index contributed by atoms with van der Waals surface area (Å²) in [6, 6.07) is 7.39. The smallest absolute Gasteiger partial charge is 0.357 e. The molecule has 1 aromatic heterocycles. The summed E-state index contributed by atoms with van der Waals surface area (Å²) in [5.41, 5.74) is 0.708. The number of amides is 1. The summed E-state index contributed by atoms with van der Waals surface area (Å²) in [6.07, 6.45) is -3.99. The molecule has 0 unspecified atom stereocenters. The molecule has 1 heterocycles.